The molecule has 0 fully saturated rings. The van der Waals surface area contributed by atoms with Crippen molar-refractivity contribution in [1.82, 2.24) is 14.6 Å². The number of primary amides is 1. The maximum absolute atomic E-state index is 11.0. The number of rotatable bonds is 3. The van der Waals surface area contributed by atoms with E-state index in [2.05, 4.69) is 42.2 Å². The molecule has 3 rings (SSSR count). The smallest absolute Gasteiger partial charge is 0.227 e. The summed E-state index contributed by atoms with van der Waals surface area (Å²) in [5.74, 6) is -0.164. The van der Waals surface area contributed by atoms with Gasteiger partial charge in [0.2, 0.25) is 5.91 Å². The van der Waals surface area contributed by atoms with E-state index < -0.39 is 0 Å². The number of pyridine rings is 1. The molecule has 0 saturated carbocycles. The predicted octanol–water partition coefficient (Wildman–Crippen LogP) is 2.39. The van der Waals surface area contributed by atoms with Crippen molar-refractivity contribution in [3.63, 3.8) is 0 Å². The van der Waals surface area contributed by atoms with E-state index in [0.717, 1.165) is 27.7 Å². The number of nitrogens with two attached hydrogens (primary N) is 1. The molecule has 21 heavy (non-hydrogen) atoms. The number of carbonyl (C=O) groups is 1. The highest BCUT2D eigenvalue weighted by molar-refractivity contribution is 7.99. The third kappa shape index (κ3) is 2.35. The molecule has 6 heteroatoms. The zero-order valence-corrected chi connectivity index (χ0v) is 13.0. The molecule has 108 valence electrons. The average Bonchev–Trinajstić information content (AvgIpc) is 2.79. The summed E-state index contributed by atoms with van der Waals surface area (Å²) in [6, 6.07) is 6.42. The van der Waals surface area contributed by atoms with Gasteiger partial charge in [-0.3, -0.25) is 9.20 Å². The van der Waals surface area contributed by atoms with Crippen LogP contribution >= 0.6 is 11.8 Å². The lowest BCUT2D eigenvalue weighted by atomic mass is 10.1. The number of nitrogens with zero attached hydrogens (tertiary/aromatic N) is 3. The Kier molecular flexibility index (Phi) is 3.33. The molecule has 0 aliphatic heterocycles. The molecule has 0 radical (unpaired) electrons. The summed E-state index contributed by atoms with van der Waals surface area (Å²) in [5, 5.41) is 10.3. The second-order valence-corrected chi connectivity index (χ2v) is 6.19. The Morgan fingerprint density at radius 2 is 1.95 bits per heavy atom. The third-order valence-electron chi connectivity index (χ3n) is 3.40. The number of hydrogen-bond donors (Lipinski definition) is 1. The van der Waals surface area contributed by atoms with Crippen molar-refractivity contribution >= 4 is 34.2 Å². The molecule has 2 heterocycles. The van der Waals surface area contributed by atoms with Gasteiger partial charge in [0.25, 0.3) is 0 Å². The zero-order valence-electron chi connectivity index (χ0n) is 12.2. The van der Waals surface area contributed by atoms with Gasteiger partial charge in [-0.1, -0.05) is 23.4 Å². The minimum atomic E-state index is -0.360. The zero-order chi connectivity index (χ0) is 15.1. The lowest BCUT2D eigenvalue weighted by Gasteiger charge is -2.10. The number of aryl methyl sites for hydroxylation is 3. The fourth-order valence-electron chi connectivity index (χ4n) is 2.66. The van der Waals surface area contributed by atoms with Crippen molar-refractivity contribution < 1.29 is 4.79 Å². The van der Waals surface area contributed by atoms with Gasteiger partial charge < -0.3 is 5.73 Å². The Morgan fingerprint density at radius 1 is 1.19 bits per heavy atom. The summed E-state index contributed by atoms with van der Waals surface area (Å²) in [4.78, 5) is 11.0. The Labute approximate surface area is 126 Å². The second-order valence-electron chi connectivity index (χ2n) is 5.24. The number of aromatic nitrogens is 3. The highest BCUT2D eigenvalue weighted by Gasteiger charge is 2.14. The molecule has 0 spiro atoms. The summed E-state index contributed by atoms with van der Waals surface area (Å²) in [5.41, 5.74) is 10.6. The topological polar surface area (TPSA) is 73.3 Å². The Morgan fingerprint density at radius 3 is 2.67 bits per heavy atom. The fourth-order valence-corrected chi connectivity index (χ4v) is 3.34. The van der Waals surface area contributed by atoms with Crippen LogP contribution in [-0.4, -0.2) is 26.3 Å². The quantitative estimate of drug-likeness (QED) is 0.754. The second kappa shape index (κ2) is 5.04. The molecule has 0 aliphatic carbocycles. The van der Waals surface area contributed by atoms with Crippen molar-refractivity contribution in [2.45, 2.75) is 25.9 Å². The van der Waals surface area contributed by atoms with Crippen molar-refractivity contribution in [2.75, 3.05) is 5.75 Å². The summed E-state index contributed by atoms with van der Waals surface area (Å²) in [7, 11) is 0. The van der Waals surface area contributed by atoms with E-state index in [1.807, 2.05) is 11.3 Å². The predicted molar refractivity (Wildman–Crippen MR) is 84.6 cm³/mol. The van der Waals surface area contributed by atoms with E-state index in [1.165, 1.54) is 17.3 Å². The van der Waals surface area contributed by atoms with Gasteiger partial charge >= 0.3 is 0 Å². The van der Waals surface area contributed by atoms with Crippen LogP contribution in [0.25, 0.3) is 16.6 Å². The molecule has 0 bridgehead atoms. The monoisotopic (exact) mass is 300 g/mol. The van der Waals surface area contributed by atoms with Gasteiger partial charge in [-0.25, -0.2) is 0 Å². The Bertz CT molecular complexity index is 869. The standard InChI is InChI=1S/C15H16N4OS/c1-8-4-9(2)13-11(5-8)6-10(3)14-17-18-15(19(13)14)21-7-12(16)20/h4-6H,7H2,1-3H3,(H2,16,20). The summed E-state index contributed by atoms with van der Waals surface area (Å²) >= 11 is 1.32. The molecular weight excluding hydrogens is 284 g/mol. The third-order valence-corrected chi connectivity index (χ3v) is 4.35. The number of amides is 1. The van der Waals surface area contributed by atoms with Crippen LogP contribution in [0.2, 0.25) is 0 Å². The van der Waals surface area contributed by atoms with Crippen molar-refractivity contribution in [1.29, 1.82) is 0 Å². The van der Waals surface area contributed by atoms with Gasteiger partial charge in [0.15, 0.2) is 10.8 Å². The number of hydrogen-bond acceptors (Lipinski definition) is 4. The molecule has 0 unspecified atom stereocenters. The molecule has 3 aromatic rings. The van der Waals surface area contributed by atoms with Crippen molar-refractivity contribution in [3.05, 3.63) is 34.9 Å². The van der Waals surface area contributed by atoms with Crippen LogP contribution < -0.4 is 5.73 Å². The van der Waals surface area contributed by atoms with Crippen LogP contribution in [0.1, 0.15) is 16.7 Å². The molecular formula is C15H16N4OS. The van der Waals surface area contributed by atoms with Crippen LogP contribution in [0.3, 0.4) is 0 Å². The highest BCUT2D eigenvalue weighted by Crippen LogP contribution is 2.28. The van der Waals surface area contributed by atoms with Crippen LogP contribution in [-0.2, 0) is 4.79 Å². The van der Waals surface area contributed by atoms with Crippen LogP contribution in [0, 0.1) is 20.8 Å². The largest absolute Gasteiger partial charge is 0.369 e. The summed E-state index contributed by atoms with van der Waals surface area (Å²) < 4.78 is 2.02. The van der Waals surface area contributed by atoms with Crippen LogP contribution in [0.5, 0.6) is 0 Å². The Balaban J connectivity index is 2.34. The van der Waals surface area contributed by atoms with Gasteiger partial charge in [-0.05, 0) is 49.4 Å². The lowest BCUT2D eigenvalue weighted by molar-refractivity contribution is -0.115. The van der Waals surface area contributed by atoms with Crippen molar-refractivity contribution in [3.8, 4) is 0 Å². The maximum Gasteiger partial charge on any atom is 0.227 e. The highest BCUT2D eigenvalue weighted by atomic mass is 32.2. The lowest BCUT2D eigenvalue weighted by Crippen LogP contribution is -2.13. The number of benzene rings is 1. The molecule has 2 aromatic heterocycles. The molecule has 0 atom stereocenters. The molecule has 1 amide bonds. The van der Waals surface area contributed by atoms with Gasteiger partial charge in [-0.15, -0.1) is 10.2 Å². The molecule has 0 aliphatic rings. The molecule has 1 aromatic carbocycles. The summed E-state index contributed by atoms with van der Waals surface area (Å²) in [6.07, 6.45) is 0. The maximum atomic E-state index is 11.0. The minimum Gasteiger partial charge on any atom is -0.369 e. The van der Waals surface area contributed by atoms with E-state index in [1.54, 1.807) is 0 Å². The number of fused-ring (bicyclic) bond motifs is 3. The van der Waals surface area contributed by atoms with Crippen LogP contribution in [0.15, 0.2) is 23.4 Å². The van der Waals surface area contributed by atoms with E-state index in [0.29, 0.717) is 5.16 Å². The SMILES string of the molecule is Cc1cc(C)c2c(c1)cc(C)c1nnc(SCC(N)=O)n12. The fraction of sp³-hybridized carbons (Fsp3) is 0.267. The van der Waals surface area contributed by atoms with E-state index in [4.69, 9.17) is 5.73 Å². The Hall–Kier alpha value is -2.08. The normalized spacial score (nSPS) is 11.4. The van der Waals surface area contributed by atoms with E-state index in [-0.39, 0.29) is 11.7 Å². The van der Waals surface area contributed by atoms with E-state index >= 15 is 0 Å². The van der Waals surface area contributed by atoms with E-state index in [9.17, 15) is 4.79 Å². The summed E-state index contributed by atoms with van der Waals surface area (Å²) in [6.45, 7) is 6.18. The van der Waals surface area contributed by atoms with Gasteiger partial charge in [-0.2, -0.15) is 0 Å². The first-order chi connectivity index (χ1) is 9.97. The van der Waals surface area contributed by atoms with Gasteiger partial charge in [0.1, 0.15) is 0 Å². The number of thioether (sulfide) groups is 1. The van der Waals surface area contributed by atoms with Gasteiger partial charge in [0, 0.05) is 0 Å². The first-order valence-electron chi connectivity index (χ1n) is 6.64. The first-order valence-corrected chi connectivity index (χ1v) is 7.62. The number of carbonyl (C=O) groups excluding carboxylic acids is 1. The molecule has 0 saturated heterocycles. The average molecular weight is 300 g/mol. The molecule has 2 N–H and O–H groups in total. The van der Waals surface area contributed by atoms with Crippen LogP contribution in [0.4, 0.5) is 0 Å². The molecule has 5 nitrogen and oxygen atoms in total. The minimum absolute atomic E-state index is 0.196. The van der Waals surface area contributed by atoms with Crippen molar-refractivity contribution in [2.24, 2.45) is 5.73 Å². The first kappa shape index (κ1) is 13.9. The van der Waals surface area contributed by atoms with Gasteiger partial charge in [0.05, 0.1) is 11.3 Å².